The third-order valence-electron chi connectivity index (χ3n) is 5.07. The minimum absolute atomic E-state index is 0.0584. The summed E-state index contributed by atoms with van der Waals surface area (Å²) in [5.74, 6) is 0.602. The van der Waals surface area contributed by atoms with E-state index in [4.69, 9.17) is 17.0 Å². The van der Waals surface area contributed by atoms with Crippen LogP contribution in [0.15, 0.2) is 59.5 Å². The summed E-state index contributed by atoms with van der Waals surface area (Å²) in [7, 11) is -3.59. The molecule has 1 aliphatic heterocycles. The zero-order valence-corrected chi connectivity index (χ0v) is 17.6. The van der Waals surface area contributed by atoms with Gasteiger partial charge in [-0.25, -0.2) is 8.42 Å². The number of aromatic amines is 1. The van der Waals surface area contributed by atoms with Gasteiger partial charge in [0.25, 0.3) is 0 Å². The molecule has 1 aliphatic rings. The lowest BCUT2D eigenvalue weighted by atomic mass is 10.1. The number of morpholine rings is 1. The molecule has 1 N–H and O–H groups in total. The smallest absolute Gasteiger partial charge is 0.243 e. The number of nitrogens with zero attached hydrogens (tertiary/aromatic N) is 3. The molecule has 0 spiro atoms. The van der Waals surface area contributed by atoms with Gasteiger partial charge in [0, 0.05) is 18.7 Å². The Morgan fingerprint density at radius 3 is 2.55 bits per heavy atom. The van der Waals surface area contributed by atoms with Crippen LogP contribution < -0.4 is 0 Å². The van der Waals surface area contributed by atoms with Crippen molar-refractivity contribution in [3.63, 3.8) is 0 Å². The van der Waals surface area contributed by atoms with E-state index in [1.807, 2.05) is 47.9 Å². The molecule has 1 fully saturated rings. The molecule has 0 bridgehead atoms. The van der Waals surface area contributed by atoms with Crippen LogP contribution in [0.5, 0.6) is 0 Å². The minimum Gasteiger partial charge on any atom is -0.379 e. The second kappa shape index (κ2) is 8.19. The van der Waals surface area contributed by atoms with Crippen LogP contribution in [0.2, 0.25) is 0 Å². The normalized spacial score (nSPS) is 16.6. The highest BCUT2D eigenvalue weighted by molar-refractivity contribution is 7.89. The average Bonchev–Trinajstić information content (AvgIpc) is 3.16. The van der Waals surface area contributed by atoms with Crippen molar-refractivity contribution in [2.75, 3.05) is 26.3 Å². The van der Waals surface area contributed by atoms with Crippen molar-refractivity contribution >= 4 is 22.2 Å². The molecular formula is C20H22N4O3S2. The van der Waals surface area contributed by atoms with Gasteiger partial charge < -0.3 is 4.74 Å². The summed E-state index contributed by atoms with van der Waals surface area (Å²) in [6.07, 6.45) is 0. The Kier molecular flexibility index (Phi) is 5.64. The van der Waals surface area contributed by atoms with Crippen molar-refractivity contribution in [3.05, 3.63) is 64.9 Å². The van der Waals surface area contributed by atoms with Crippen LogP contribution in [0.3, 0.4) is 0 Å². The van der Waals surface area contributed by atoms with Crippen LogP contribution in [-0.2, 0) is 14.8 Å². The van der Waals surface area contributed by atoms with Crippen LogP contribution in [0.1, 0.15) is 18.5 Å². The Morgan fingerprint density at radius 1 is 1.10 bits per heavy atom. The van der Waals surface area contributed by atoms with Gasteiger partial charge in [-0.05, 0) is 36.8 Å². The van der Waals surface area contributed by atoms with Crippen LogP contribution in [0, 0.1) is 4.77 Å². The highest BCUT2D eigenvalue weighted by Gasteiger charge is 2.27. The van der Waals surface area contributed by atoms with Crippen molar-refractivity contribution in [1.82, 2.24) is 19.1 Å². The standard InChI is InChI=1S/C20H22N4O3S2/c1-15(16-6-3-2-4-7-16)24-19(21-22-20(24)28)17-8-5-9-18(14-17)29(25,26)23-10-12-27-13-11-23/h2-9,14-15H,10-13H2,1H3,(H,22,28)/t15-/m0/s1. The molecule has 0 amide bonds. The molecule has 1 atom stereocenters. The van der Waals surface area contributed by atoms with E-state index in [0.717, 1.165) is 5.56 Å². The number of sulfonamides is 1. The zero-order valence-electron chi connectivity index (χ0n) is 16.0. The molecule has 4 rings (SSSR count). The first kappa shape index (κ1) is 20.0. The molecule has 29 heavy (non-hydrogen) atoms. The maximum absolute atomic E-state index is 13.0. The van der Waals surface area contributed by atoms with Crippen molar-refractivity contribution < 1.29 is 13.2 Å². The van der Waals surface area contributed by atoms with E-state index in [9.17, 15) is 8.42 Å². The van der Waals surface area contributed by atoms with Gasteiger partial charge in [0.05, 0.1) is 24.2 Å². The summed E-state index contributed by atoms with van der Waals surface area (Å²) in [5.41, 5.74) is 1.78. The fourth-order valence-corrected chi connectivity index (χ4v) is 5.22. The molecule has 0 aliphatic carbocycles. The maximum Gasteiger partial charge on any atom is 0.243 e. The zero-order chi connectivity index (χ0) is 20.4. The number of aromatic nitrogens is 3. The topological polar surface area (TPSA) is 80.2 Å². The van der Waals surface area contributed by atoms with Gasteiger partial charge in [-0.2, -0.15) is 9.40 Å². The summed E-state index contributed by atoms with van der Waals surface area (Å²) in [6, 6.07) is 16.8. The van der Waals surface area contributed by atoms with Gasteiger partial charge in [0.1, 0.15) is 0 Å². The van der Waals surface area contributed by atoms with Crippen LogP contribution in [0.25, 0.3) is 11.4 Å². The summed E-state index contributed by atoms with van der Waals surface area (Å²) < 4.78 is 35.2. The fourth-order valence-electron chi connectivity index (χ4n) is 3.48. The van der Waals surface area contributed by atoms with E-state index in [1.54, 1.807) is 18.2 Å². The summed E-state index contributed by atoms with van der Waals surface area (Å²) in [5, 5.41) is 7.23. The number of hydrogen-bond acceptors (Lipinski definition) is 5. The SMILES string of the molecule is C[C@@H](c1ccccc1)n1c(-c2cccc(S(=O)(=O)N3CCOCC3)c2)n[nH]c1=S. The Balaban J connectivity index is 1.74. The number of nitrogens with one attached hydrogen (secondary N) is 1. The van der Waals surface area contributed by atoms with Gasteiger partial charge in [0.2, 0.25) is 10.0 Å². The summed E-state index contributed by atoms with van der Waals surface area (Å²) in [6.45, 7) is 3.57. The molecule has 0 radical (unpaired) electrons. The second-order valence-electron chi connectivity index (χ2n) is 6.85. The molecule has 9 heteroatoms. The van der Waals surface area contributed by atoms with Gasteiger partial charge in [-0.15, -0.1) is 0 Å². The first-order valence-electron chi connectivity index (χ1n) is 9.38. The van der Waals surface area contributed by atoms with Crippen LogP contribution in [0.4, 0.5) is 0 Å². The summed E-state index contributed by atoms with van der Waals surface area (Å²) >= 11 is 5.46. The predicted molar refractivity (Wildman–Crippen MR) is 113 cm³/mol. The van der Waals surface area contributed by atoms with Crippen molar-refractivity contribution in [2.24, 2.45) is 0 Å². The van der Waals surface area contributed by atoms with Gasteiger partial charge in [0.15, 0.2) is 10.6 Å². The van der Waals surface area contributed by atoms with E-state index in [2.05, 4.69) is 10.2 Å². The Bertz CT molecular complexity index is 1150. The Labute approximate surface area is 175 Å². The molecule has 2 heterocycles. The molecule has 152 valence electrons. The highest BCUT2D eigenvalue weighted by Crippen LogP contribution is 2.28. The van der Waals surface area contributed by atoms with E-state index in [1.165, 1.54) is 4.31 Å². The lowest BCUT2D eigenvalue weighted by Gasteiger charge is -2.26. The van der Waals surface area contributed by atoms with E-state index >= 15 is 0 Å². The molecule has 3 aromatic rings. The molecule has 0 unspecified atom stereocenters. The molecule has 2 aromatic carbocycles. The van der Waals surface area contributed by atoms with Crippen molar-refractivity contribution in [1.29, 1.82) is 0 Å². The van der Waals surface area contributed by atoms with Crippen molar-refractivity contribution in [3.8, 4) is 11.4 Å². The predicted octanol–water partition coefficient (Wildman–Crippen LogP) is 3.24. The fraction of sp³-hybridized carbons (Fsp3) is 0.300. The highest BCUT2D eigenvalue weighted by atomic mass is 32.2. The quantitative estimate of drug-likeness (QED) is 0.629. The Hall–Kier alpha value is -2.33. The molecule has 1 saturated heterocycles. The van der Waals surface area contributed by atoms with Gasteiger partial charge >= 0.3 is 0 Å². The molecule has 1 aromatic heterocycles. The number of benzene rings is 2. The second-order valence-corrected chi connectivity index (χ2v) is 9.18. The largest absolute Gasteiger partial charge is 0.379 e. The monoisotopic (exact) mass is 430 g/mol. The van der Waals surface area contributed by atoms with Crippen LogP contribution >= 0.6 is 12.2 Å². The molecular weight excluding hydrogens is 408 g/mol. The molecule has 0 saturated carbocycles. The number of hydrogen-bond donors (Lipinski definition) is 1. The number of H-pyrrole nitrogens is 1. The van der Waals surface area contributed by atoms with Gasteiger partial charge in [-0.3, -0.25) is 9.67 Å². The van der Waals surface area contributed by atoms with E-state index in [-0.39, 0.29) is 10.9 Å². The lowest BCUT2D eigenvalue weighted by molar-refractivity contribution is 0.0730. The first-order valence-corrected chi connectivity index (χ1v) is 11.2. The third kappa shape index (κ3) is 3.91. The van der Waals surface area contributed by atoms with Crippen LogP contribution in [-0.4, -0.2) is 53.8 Å². The van der Waals surface area contributed by atoms with E-state index < -0.39 is 10.0 Å². The number of ether oxygens (including phenoxy) is 1. The first-order chi connectivity index (χ1) is 14.0. The van der Waals surface area contributed by atoms with Crippen molar-refractivity contribution in [2.45, 2.75) is 17.9 Å². The maximum atomic E-state index is 13.0. The Morgan fingerprint density at radius 2 is 1.83 bits per heavy atom. The lowest BCUT2D eigenvalue weighted by Crippen LogP contribution is -2.40. The third-order valence-corrected chi connectivity index (χ3v) is 7.26. The number of rotatable bonds is 5. The molecule has 7 nitrogen and oxygen atoms in total. The van der Waals surface area contributed by atoms with E-state index in [0.29, 0.717) is 42.5 Å². The van der Waals surface area contributed by atoms with Gasteiger partial charge in [-0.1, -0.05) is 42.5 Å². The minimum atomic E-state index is -3.59. The average molecular weight is 431 g/mol. The summed E-state index contributed by atoms with van der Waals surface area (Å²) in [4.78, 5) is 0.240.